The van der Waals surface area contributed by atoms with Gasteiger partial charge in [-0.2, -0.15) is 0 Å². The lowest BCUT2D eigenvalue weighted by Crippen LogP contribution is -2.29. The van der Waals surface area contributed by atoms with Gasteiger partial charge in [0.15, 0.2) is 17.8 Å². The summed E-state index contributed by atoms with van der Waals surface area (Å²) in [4.78, 5) is 18.3. The van der Waals surface area contributed by atoms with Crippen LogP contribution >= 0.6 is 11.6 Å². The van der Waals surface area contributed by atoms with E-state index in [1.165, 1.54) is 6.39 Å². The SMILES string of the molecule is O=C(c1ncoc1-c1ccccc1Cl)N1CCC(CO)C1. The van der Waals surface area contributed by atoms with Crippen molar-refractivity contribution < 1.29 is 14.3 Å². The summed E-state index contributed by atoms with van der Waals surface area (Å²) in [5.74, 6) is 0.345. The number of aromatic nitrogens is 1. The molecule has 2 aromatic rings. The maximum atomic E-state index is 12.6. The number of halogens is 1. The molecule has 1 fully saturated rings. The van der Waals surface area contributed by atoms with Crippen molar-refractivity contribution in [2.45, 2.75) is 6.42 Å². The largest absolute Gasteiger partial charge is 0.443 e. The summed E-state index contributed by atoms with van der Waals surface area (Å²) < 4.78 is 5.37. The van der Waals surface area contributed by atoms with Crippen molar-refractivity contribution >= 4 is 17.5 Å². The summed E-state index contributed by atoms with van der Waals surface area (Å²) in [5.41, 5.74) is 0.916. The van der Waals surface area contributed by atoms with Crippen LogP contribution < -0.4 is 0 Å². The molecule has 1 atom stereocenters. The number of nitrogens with zero attached hydrogens (tertiary/aromatic N) is 2. The van der Waals surface area contributed by atoms with Crippen molar-refractivity contribution in [1.82, 2.24) is 9.88 Å². The van der Waals surface area contributed by atoms with Crippen LogP contribution in [-0.2, 0) is 0 Å². The number of rotatable bonds is 3. The van der Waals surface area contributed by atoms with Crippen LogP contribution in [0.4, 0.5) is 0 Å². The number of aliphatic hydroxyl groups excluding tert-OH is 1. The maximum Gasteiger partial charge on any atom is 0.276 e. The van der Waals surface area contributed by atoms with Gasteiger partial charge in [0.1, 0.15) is 0 Å². The number of oxazole rings is 1. The van der Waals surface area contributed by atoms with Crippen LogP contribution in [0.25, 0.3) is 11.3 Å². The van der Waals surface area contributed by atoms with Gasteiger partial charge in [0, 0.05) is 31.2 Å². The van der Waals surface area contributed by atoms with Crippen molar-refractivity contribution in [1.29, 1.82) is 0 Å². The zero-order valence-electron chi connectivity index (χ0n) is 11.3. The Morgan fingerprint density at radius 1 is 1.48 bits per heavy atom. The minimum atomic E-state index is -0.186. The quantitative estimate of drug-likeness (QED) is 0.946. The number of aliphatic hydroxyl groups is 1. The fourth-order valence-corrected chi connectivity index (χ4v) is 2.77. The van der Waals surface area contributed by atoms with E-state index >= 15 is 0 Å². The third-order valence-electron chi connectivity index (χ3n) is 3.72. The smallest absolute Gasteiger partial charge is 0.276 e. The second-order valence-electron chi connectivity index (χ2n) is 5.10. The molecule has 5 nitrogen and oxygen atoms in total. The Bertz CT molecular complexity index is 656. The van der Waals surface area contributed by atoms with Crippen molar-refractivity contribution in [3.8, 4) is 11.3 Å². The monoisotopic (exact) mass is 306 g/mol. The van der Waals surface area contributed by atoms with E-state index in [4.69, 9.17) is 16.0 Å². The Hall–Kier alpha value is -1.85. The van der Waals surface area contributed by atoms with Gasteiger partial charge in [-0.05, 0) is 18.6 Å². The molecule has 1 N–H and O–H groups in total. The third kappa shape index (κ3) is 2.66. The van der Waals surface area contributed by atoms with Gasteiger partial charge in [0.2, 0.25) is 0 Å². The predicted octanol–water partition coefficient (Wildman–Crippen LogP) is 2.45. The molecule has 21 heavy (non-hydrogen) atoms. The second kappa shape index (κ2) is 5.87. The van der Waals surface area contributed by atoms with Crippen molar-refractivity contribution in [3.05, 3.63) is 41.4 Å². The van der Waals surface area contributed by atoms with Crippen LogP contribution in [0.2, 0.25) is 5.02 Å². The summed E-state index contributed by atoms with van der Waals surface area (Å²) in [6.45, 7) is 1.27. The Kier molecular flexibility index (Phi) is 3.94. The summed E-state index contributed by atoms with van der Waals surface area (Å²) in [7, 11) is 0. The van der Waals surface area contributed by atoms with Gasteiger partial charge in [-0.1, -0.05) is 23.7 Å². The normalized spacial score (nSPS) is 18.2. The van der Waals surface area contributed by atoms with E-state index in [0.717, 1.165) is 6.42 Å². The van der Waals surface area contributed by atoms with Gasteiger partial charge in [-0.3, -0.25) is 4.79 Å². The summed E-state index contributed by atoms with van der Waals surface area (Å²) in [6, 6.07) is 7.18. The first kappa shape index (κ1) is 14.1. The zero-order valence-corrected chi connectivity index (χ0v) is 12.1. The Morgan fingerprint density at radius 2 is 2.29 bits per heavy atom. The molecular weight excluding hydrogens is 292 g/mol. The molecular formula is C15H15ClN2O3. The van der Waals surface area contributed by atoms with Gasteiger partial charge < -0.3 is 14.4 Å². The lowest BCUT2D eigenvalue weighted by molar-refractivity contribution is 0.0777. The number of hydrogen-bond donors (Lipinski definition) is 1. The zero-order chi connectivity index (χ0) is 14.8. The number of carbonyl (C=O) groups excluding carboxylic acids is 1. The fourth-order valence-electron chi connectivity index (χ4n) is 2.55. The second-order valence-corrected chi connectivity index (χ2v) is 5.51. The van der Waals surface area contributed by atoms with E-state index in [9.17, 15) is 9.90 Å². The lowest BCUT2D eigenvalue weighted by atomic mass is 10.1. The van der Waals surface area contributed by atoms with Gasteiger partial charge in [0.25, 0.3) is 5.91 Å². The van der Waals surface area contributed by atoms with Gasteiger partial charge in [-0.15, -0.1) is 0 Å². The molecule has 1 aliphatic heterocycles. The number of amides is 1. The number of benzene rings is 1. The predicted molar refractivity (Wildman–Crippen MR) is 78.0 cm³/mol. The molecule has 1 saturated heterocycles. The number of likely N-dealkylation sites (tertiary alicyclic amines) is 1. The van der Waals surface area contributed by atoms with E-state index < -0.39 is 0 Å². The molecule has 0 spiro atoms. The molecule has 2 heterocycles. The van der Waals surface area contributed by atoms with Crippen LogP contribution in [0.3, 0.4) is 0 Å². The van der Waals surface area contributed by atoms with E-state index in [2.05, 4.69) is 4.98 Å². The molecule has 1 aliphatic rings. The molecule has 110 valence electrons. The Balaban J connectivity index is 1.89. The van der Waals surface area contributed by atoms with E-state index in [-0.39, 0.29) is 24.1 Å². The first-order chi connectivity index (χ1) is 10.2. The molecule has 1 aromatic carbocycles. The molecule has 0 bridgehead atoms. The van der Waals surface area contributed by atoms with Gasteiger partial charge >= 0.3 is 0 Å². The topological polar surface area (TPSA) is 66.6 Å². The molecule has 1 aromatic heterocycles. The lowest BCUT2D eigenvalue weighted by Gasteiger charge is -2.15. The molecule has 3 rings (SSSR count). The van der Waals surface area contributed by atoms with E-state index in [0.29, 0.717) is 29.4 Å². The van der Waals surface area contributed by atoms with Crippen molar-refractivity contribution in [2.24, 2.45) is 5.92 Å². The molecule has 1 amide bonds. The fraction of sp³-hybridized carbons (Fsp3) is 0.333. The standard InChI is InChI=1S/C15H15ClN2O3/c16-12-4-2-1-3-11(12)14-13(17-9-21-14)15(20)18-6-5-10(7-18)8-19/h1-4,9-10,19H,5-8H2. The molecule has 0 saturated carbocycles. The third-order valence-corrected chi connectivity index (χ3v) is 4.05. The highest BCUT2D eigenvalue weighted by Crippen LogP contribution is 2.31. The van der Waals surface area contributed by atoms with Crippen LogP contribution in [0.15, 0.2) is 35.1 Å². The first-order valence-corrected chi connectivity index (χ1v) is 7.17. The summed E-state index contributed by atoms with van der Waals surface area (Å²) in [5, 5.41) is 9.69. The Labute approximate surface area is 127 Å². The molecule has 0 aliphatic carbocycles. The average Bonchev–Trinajstić information content (AvgIpc) is 3.16. The summed E-state index contributed by atoms with van der Waals surface area (Å²) in [6.07, 6.45) is 2.06. The maximum absolute atomic E-state index is 12.6. The van der Waals surface area contributed by atoms with Crippen molar-refractivity contribution in [3.63, 3.8) is 0 Å². The van der Waals surface area contributed by atoms with Crippen LogP contribution in [0.1, 0.15) is 16.9 Å². The van der Waals surface area contributed by atoms with E-state index in [1.54, 1.807) is 17.0 Å². The van der Waals surface area contributed by atoms with E-state index in [1.807, 2.05) is 12.1 Å². The van der Waals surface area contributed by atoms with Crippen LogP contribution in [-0.4, -0.2) is 40.6 Å². The first-order valence-electron chi connectivity index (χ1n) is 6.79. The minimum Gasteiger partial charge on any atom is -0.443 e. The summed E-state index contributed by atoms with van der Waals surface area (Å²) >= 11 is 6.15. The highest BCUT2D eigenvalue weighted by atomic mass is 35.5. The van der Waals surface area contributed by atoms with Gasteiger partial charge in [-0.25, -0.2) is 4.98 Å². The number of carbonyl (C=O) groups is 1. The van der Waals surface area contributed by atoms with Gasteiger partial charge in [0.05, 0.1) is 5.02 Å². The molecule has 1 unspecified atom stereocenters. The van der Waals surface area contributed by atoms with Crippen molar-refractivity contribution in [2.75, 3.05) is 19.7 Å². The highest BCUT2D eigenvalue weighted by Gasteiger charge is 2.30. The Morgan fingerprint density at radius 3 is 3.00 bits per heavy atom. The minimum absolute atomic E-state index is 0.0972. The molecule has 0 radical (unpaired) electrons. The molecule has 6 heteroatoms. The van der Waals surface area contributed by atoms with Crippen LogP contribution in [0.5, 0.6) is 0 Å². The number of hydrogen-bond acceptors (Lipinski definition) is 4. The average molecular weight is 307 g/mol. The highest BCUT2D eigenvalue weighted by molar-refractivity contribution is 6.33. The van der Waals surface area contributed by atoms with Crippen LogP contribution in [0, 0.1) is 5.92 Å².